The Morgan fingerprint density at radius 2 is 1.37 bits per heavy atom. The zero-order valence-electron chi connectivity index (χ0n) is 11.9. The van der Waals surface area contributed by atoms with Gasteiger partial charge in [0.2, 0.25) is 0 Å². The Kier molecular flexibility index (Phi) is 2.82. The van der Waals surface area contributed by atoms with Crippen molar-refractivity contribution >= 4 is 21.5 Å². The van der Waals surface area contributed by atoms with Crippen LogP contribution in [0.5, 0.6) is 0 Å². The van der Waals surface area contributed by atoms with E-state index in [-0.39, 0.29) is 0 Å². The number of rotatable bonds is 1. The summed E-state index contributed by atoms with van der Waals surface area (Å²) in [5, 5.41) is 5.40. The molecule has 0 saturated heterocycles. The lowest BCUT2D eigenvalue weighted by atomic mass is 9.86. The van der Waals surface area contributed by atoms with Crippen molar-refractivity contribution < 1.29 is 0 Å². The van der Waals surface area contributed by atoms with E-state index in [0.717, 1.165) is 6.42 Å². The second-order valence-corrected chi connectivity index (χ2v) is 6.58. The molecule has 0 aliphatic rings. The van der Waals surface area contributed by atoms with Gasteiger partial charge in [0, 0.05) is 0 Å². The molecule has 0 bridgehead atoms. The highest BCUT2D eigenvalue weighted by Crippen LogP contribution is 2.29. The number of benzene rings is 3. The second kappa shape index (κ2) is 4.38. The van der Waals surface area contributed by atoms with Gasteiger partial charge in [-0.15, -0.1) is 0 Å². The van der Waals surface area contributed by atoms with Crippen LogP contribution in [-0.4, -0.2) is 0 Å². The highest BCUT2D eigenvalue weighted by Gasteiger charge is 2.13. The van der Waals surface area contributed by atoms with E-state index in [9.17, 15) is 0 Å². The third-order valence-electron chi connectivity index (χ3n) is 3.56. The molecular weight excluding hydrogens is 228 g/mol. The first-order chi connectivity index (χ1) is 9.03. The Hall–Kier alpha value is -1.82. The maximum absolute atomic E-state index is 2.34. The van der Waals surface area contributed by atoms with Gasteiger partial charge in [-0.3, -0.25) is 0 Å². The Labute approximate surface area is 115 Å². The first kappa shape index (κ1) is 12.2. The lowest BCUT2D eigenvalue weighted by molar-refractivity contribution is 0.412. The second-order valence-electron chi connectivity index (χ2n) is 6.58. The Balaban J connectivity index is 2.26. The molecule has 0 aromatic heterocycles. The molecule has 0 aliphatic heterocycles. The molecule has 0 heterocycles. The van der Waals surface area contributed by atoms with Crippen LogP contribution < -0.4 is 0 Å². The number of fused-ring (bicyclic) bond motifs is 2. The Morgan fingerprint density at radius 1 is 0.737 bits per heavy atom. The van der Waals surface area contributed by atoms with Gasteiger partial charge in [0.25, 0.3) is 0 Å². The van der Waals surface area contributed by atoms with Crippen molar-refractivity contribution in [2.24, 2.45) is 5.41 Å². The van der Waals surface area contributed by atoms with Crippen LogP contribution >= 0.6 is 0 Å². The van der Waals surface area contributed by atoms with Crippen molar-refractivity contribution in [3.05, 3.63) is 60.2 Å². The van der Waals surface area contributed by atoms with Crippen LogP contribution in [0.15, 0.2) is 54.6 Å². The molecule has 3 aromatic carbocycles. The predicted octanol–water partition coefficient (Wildman–Crippen LogP) is 5.58. The summed E-state index contributed by atoms with van der Waals surface area (Å²) in [6, 6.07) is 19.9. The first-order valence-corrected chi connectivity index (χ1v) is 6.93. The van der Waals surface area contributed by atoms with E-state index >= 15 is 0 Å². The van der Waals surface area contributed by atoms with Gasteiger partial charge in [-0.25, -0.2) is 0 Å². The van der Waals surface area contributed by atoms with E-state index in [4.69, 9.17) is 0 Å². The van der Waals surface area contributed by atoms with Crippen LogP contribution in [0.1, 0.15) is 26.3 Å². The third-order valence-corrected chi connectivity index (χ3v) is 3.56. The van der Waals surface area contributed by atoms with E-state index < -0.39 is 0 Å². The lowest BCUT2D eigenvalue weighted by Gasteiger charge is -2.19. The van der Waals surface area contributed by atoms with Crippen LogP contribution in [0.3, 0.4) is 0 Å². The molecule has 96 valence electrons. The summed E-state index contributed by atoms with van der Waals surface area (Å²) in [7, 11) is 0. The van der Waals surface area contributed by atoms with Crippen LogP contribution in [0, 0.1) is 5.41 Å². The molecule has 0 fully saturated rings. The topological polar surface area (TPSA) is 0 Å². The number of hydrogen-bond acceptors (Lipinski definition) is 0. The summed E-state index contributed by atoms with van der Waals surface area (Å²) in [6.07, 6.45) is 1.11. The maximum Gasteiger partial charge on any atom is -0.0145 e. The minimum Gasteiger partial charge on any atom is -0.0616 e. The van der Waals surface area contributed by atoms with Crippen molar-refractivity contribution in [1.82, 2.24) is 0 Å². The van der Waals surface area contributed by atoms with Gasteiger partial charge < -0.3 is 0 Å². The molecule has 19 heavy (non-hydrogen) atoms. The van der Waals surface area contributed by atoms with Crippen molar-refractivity contribution in [3.8, 4) is 0 Å². The minimum atomic E-state index is 0.319. The molecule has 0 heteroatoms. The maximum atomic E-state index is 2.34. The average molecular weight is 248 g/mol. The summed E-state index contributed by atoms with van der Waals surface area (Å²) >= 11 is 0. The van der Waals surface area contributed by atoms with Crippen LogP contribution in [-0.2, 0) is 6.42 Å². The molecule has 0 amide bonds. The SMILES string of the molecule is CC(C)(C)Cc1cccc2cc3ccccc3cc12. The molecule has 0 radical (unpaired) electrons. The zero-order chi connectivity index (χ0) is 13.5. The summed E-state index contributed by atoms with van der Waals surface area (Å²) < 4.78 is 0. The van der Waals surface area contributed by atoms with Gasteiger partial charge in [-0.1, -0.05) is 63.2 Å². The molecule has 0 N–H and O–H groups in total. The minimum absolute atomic E-state index is 0.319. The van der Waals surface area contributed by atoms with Crippen molar-refractivity contribution in [2.75, 3.05) is 0 Å². The summed E-state index contributed by atoms with van der Waals surface area (Å²) in [5.74, 6) is 0. The fraction of sp³-hybridized carbons (Fsp3) is 0.263. The first-order valence-electron chi connectivity index (χ1n) is 6.93. The summed E-state index contributed by atoms with van der Waals surface area (Å²) in [5.41, 5.74) is 1.77. The standard InChI is InChI=1S/C19H20/c1-19(2,3)13-17-10-6-9-16-11-14-7-4-5-8-15(14)12-18(16)17/h4-12H,13H2,1-3H3. The Bertz CT molecular complexity index is 730. The molecule has 0 saturated carbocycles. The molecule has 0 nitrogen and oxygen atoms in total. The van der Waals surface area contributed by atoms with E-state index in [1.807, 2.05) is 0 Å². The normalized spacial score (nSPS) is 12.2. The highest BCUT2D eigenvalue weighted by atomic mass is 14.2. The average Bonchev–Trinajstić information content (AvgIpc) is 2.35. The van der Waals surface area contributed by atoms with Gasteiger partial charge in [-0.2, -0.15) is 0 Å². The molecule has 0 aliphatic carbocycles. The third kappa shape index (κ3) is 2.49. The quantitative estimate of drug-likeness (QED) is 0.493. The smallest absolute Gasteiger partial charge is 0.0145 e. The van der Waals surface area contributed by atoms with E-state index in [0.29, 0.717) is 5.41 Å². The predicted molar refractivity (Wildman–Crippen MR) is 84.6 cm³/mol. The van der Waals surface area contributed by atoms with Gasteiger partial charge in [-0.05, 0) is 51.1 Å². The fourth-order valence-electron chi connectivity index (χ4n) is 2.76. The van der Waals surface area contributed by atoms with Gasteiger partial charge in [0.1, 0.15) is 0 Å². The Morgan fingerprint density at radius 3 is 2.05 bits per heavy atom. The summed E-state index contributed by atoms with van der Waals surface area (Å²) in [4.78, 5) is 0. The van der Waals surface area contributed by atoms with E-state index in [2.05, 4.69) is 75.4 Å². The molecule has 0 unspecified atom stereocenters. The van der Waals surface area contributed by atoms with E-state index in [1.165, 1.54) is 27.1 Å². The molecule has 3 aromatic rings. The highest BCUT2D eigenvalue weighted by molar-refractivity contribution is 5.99. The summed E-state index contributed by atoms with van der Waals surface area (Å²) in [6.45, 7) is 6.90. The van der Waals surface area contributed by atoms with Crippen LogP contribution in [0.25, 0.3) is 21.5 Å². The van der Waals surface area contributed by atoms with Crippen LogP contribution in [0.4, 0.5) is 0 Å². The lowest BCUT2D eigenvalue weighted by Crippen LogP contribution is -2.09. The van der Waals surface area contributed by atoms with Crippen molar-refractivity contribution in [3.63, 3.8) is 0 Å². The van der Waals surface area contributed by atoms with Gasteiger partial charge >= 0.3 is 0 Å². The molecule has 3 rings (SSSR count). The zero-order valence-corrected chi connectivity index (χ0v) is 11.9. The monoisotopic (exact) mass is 248 g/mol. The largest absolute Gasteiger partial charge is 0.0616 e. The van der Waals surface area contributed by atoms with Gasteiger partial charge in [0.15, 0.2) is 0 Å². The van der Waals surface area contributed by atoms with Crippen LogP contribution in [0.2, 0.25) is 0 Å². The molecular formula is C19H20. The van der Waals surface area contributed by atoms with E-state index in [1.54, 1.807) is 0 Å². The number of hydrogen-bond donors (Lipinski definition) is 0. The van der Waals surface area contributed by atoms with Crippen molar-refractivity contribution in [2.45, 2.75) is 27.2 Å². The van der Waals surface area contributed by atoms with Gasteiger partial charge in [0.05, 0.1) is 0 Å². The molecule has 0 atom stereocenters. The fourth-order valence-corrected chi connectivity index (χ4v) is 2.76. The van der Waals surface area contributed by atoms with Crippen molar-refractivity contribution in [1.29, 1.82) is 0 Å². The molecule has 0 spiro atoms.